The highest BCUT2D eigenvalue weighted by atomic mass is 32.2. The van der Waals surface area contributed by atoms with Crippen molar-refractivity contribution >= 4 is 92.4 Å². The van der Waals surface area contributed by atoms with Crippen molar-refractivity contribution in [1.82, 2.24) is 19.6 Å². The van der Waals surface area contributed by atoms with Crippen LogP contribution < -0.4 is 0 Å². The summed E-state index contributed by atoms with van der Waals surface area (Å²) in [5, 5.41) is 0. The summed E-state index contributed by atoms with van der Waals surface area (Å²) in [6, 6.07) is 19.5. The number of thiocarbonyl (C=S) groups is 2. The first-order valence-electron chi connectivity index (χ1n) is 14.3. The Bertz CT molecular complexity index is 1610. The maximum absolute atomic E-state index is 13.0. The average molecular weight is 675 g/mol. The van der Waals surface area contributed by atoms with E-state index in [1.54, 1.807) is 28.0 Å². The van der Waals surface area contributed by atoms with Crippen molar-refractivity contribution in [2.24, 2.45) is 0 Å². The van der Waals surface area contributed by atoms with Gasteiger partial charge >= 0.3 is 0 Å². The third-order valence-corrected chi connectivity index (χ3v) is 10.0. The third-order valence-electron chi connectivity index (χ3n) is 7.25. The van der Waals surface area contributed by atoms with Gasteiger partial charge in [0, 0.05) is 39.1 Å². The number of benzene rings is 2. The molecule has 0 spiro atoms. The number of hydrogen-bond acceptors (Lipinski definition) is 8. The second-order valence-electron chi connectivity index (χ2n) is 10.2. The number of nitrogens with zero attached hydrogens (tertiary/aromatic N) is 4. The molecule has 8 nitrogen and oxygen atoms in total. The summed E-state index contributed by atoms with van der Waals surface area (Å²) in [6.07, 6.45) is 11.0. The molecule has 0 N–H and O–H groups in total. The van der Waals surface area contributed by atoms with E-state index in [0.29, 0.717) is 44.6 Å². The molecular weight excluding hydrogens is 645 g/mol. The van der Waals surface area contributed by atoms with E-state index >= 15 is 0 Å². The van der Waals surface area contributed by atoms with Crippen LogP contribution in [0.15, 0.2) is 94.8 Å². The summed E-state index contributed by atoms with van der Waals surface area (Å²) in [4.78, 5) is 58.9. The fraction of sp³-hybridized carbons (Fsp3) is 0.212. The van der Waals surface area contributed by atoms with Crippen LogP contribution in [0.4, 0.5) is 0 Å². The number of piperazine rings is 1. The van der Waals surface area contributed by atoms with Crippen molar-refractivity contribution < 1.29 is 19.2 Å². The Morgan fingerprint density at radius 1 is 0.667 bits per heavy atom. The molecular formula is C33H30N4O4S4. The standard InChI is InChI=1S/C33H30N4O4S4/c38-28(17-18-36-30(40)26(44-32(36)42)15-7-13-24-9-3-1-4-10-24)34-19-21-35(22-20-34)29(39)23-37-31(41)27(45-33(37)43)16-8-14-25-11-5-2-6-12-25/h1-16H,17-23H2. The van der Waals surface area contributed by atoms with E-state index in [4.69, 9.17) is 24.4 Å². The van der Waals surface area contributed by atoms with E-state index in [2.05, 4.69) is 0 Å². The Kier molecular flexibility index (Phi) is 11.2. The molecule has 0 unspecified atom stereocenters. The lowest BCUT2D eigenvalue weighted by atomic mass is 10.2. The van der Waals surface area contributed by atoms with Crippen LogP contribution in [-0.2, 0) is 19.2 Å². The van der Waals surface area contributed by atoms with Gasteiger partial charge in [-0.05, 0) is 23.3 Å². The summed E-state index contributed by atoms with van der Waals surface area (Å²) in [5.74, 6) is -0.814. The molecule has 3 fully saturated rings. The molecule has 230 valence electrons. The van der Waals surface area contributed by atoms with Gasteiger partial charge in [-0.2, -0.15) is 0 Å². The molecule has 0 atom stereocenters. The van der Waals surface area contributed by atoms with Crippen molar-refractivity contribution in [3.8, 4) is 0 Å². The third kappa shape index (κ3) is 8.46. The fourth-order valence-corrected chi connectivity index (χ4v) is 7.25. The number of rotatable bonds is 9. The highest BCUT2D eigenvalue weighted by molar-refractivity contribution is 8.27. The fourth-order valence-electron chi connectivity index (χ4n) is 4.78. The molecule has 0 aliphatic carbocycles. The molecule has 0 aromatic heterocycles. The zero-order valence-corrected chi connectivity index (χ0v) is 27.5. The van der Waals surface area contributed by atoms with Crippen molar-refractivity contribution in [3.05, 3.63) is 106 Å². The number of carbonyl (C=O) groups excluding carboxylic acids is 4. The summed E-state index contributed by atoms with van der Waals surface area (Å²) >= 11 is 13.2. The largest absolute Gasteiger partial charge is 0.339 e. The van der Waals surface area contributed by atoms with Gasteiger partial charge < -0.3 is 9.80 Å². The van der Waals surface area contributed by atoms with Gasteiger partial charge in [0.1, 0.15) is 15.2 Å². The van der Waals surface area contributed by atoms with Gasteiger partial charge in [-0.3, -0.25) is 29.0 Å². The minimum atomic E-state index is -0.289. The molecule has 45 heavy (non-hydrogen) atoms. The quantitative estimate of drug-likeness (QED) is 0.273. The molecule has 0 saturated carbocycles. The second-order valence-corrected chi connectivity index (χ2v) is 13.5. The average Bonchev–Trinajstić information content (AvgIpc) is 3.48. The number of allylic oxidation sites excluding steroid dienone is 4. The molecule has 12 heteroatoms. The van der Waals surface area contributed by atoms with Crippen LogP contribution in [0, 0.1) is 0 Å². The van der Waals surface area contributed by atoms with Gasteiger partial charge in [0.15, 0.2) is 0 Å². The maximum Gasteiger partial charge on any atom is 0.266 e. The van der Waals surface area contributed by atoms with Gasteiger partial charge in [-0.25, -0.2) is 0 Å². The topological polar surface area (TPSA) is 81.2 Å². The second kappa shape index (κ2) is 15.4. The highest BCUT2D eigenvalue weighted by Crippen LogP contribution is 2.32. The van der Waals surface area contributed by atoms with Crippen LogP contribution >= 0.6 is 48.0 Å². The SMILES string of the molecule is O=C(CCN1C(=O)C(=CC=Cc2ccccc2)SC1=S)N1CCN(C(=O)CN2C(=O)C(=CC=Cc3ccccc3)SC2=S)CC1. The molecule has 2 aromatic carbocycles. The smallest absolute Gasteiger partial charge is 0.266 e. The predicted octanol–water partition coefficient (Wildman–Crippen LogP) is 4.96. The van der Waals surface area contributed by atoms with Gasteiger partial charge in [0.25, 0.3) is 11.8 Å². The lowest BCUT2D eigenvalue weighted by Gasteiger charge is -2.35. The normalized spacial score (nSPS) is 19.4. The molecule has 0 radical (unpaired) electrons. The number of carbonyl (C=O) groups is 4. The maximum atomic E-state index is 13.0. The first-order valence-corrected chi connectivity index (χ1v) is 16.7. The first kappa shape index (κ1) is 32.6. The zero-order valence-electron chi connectivity index (χ0n) is 24.2. The van der Waals surface area contributed by atoms with Gasteiger partial charge in [0.05, 0.1) is 9.81 Å². The summed E-state index contributed by atoms with van der Waals surface area (Å²) < 4.78 is 0.777. The van der Waals surface area contributed by atoms with Crippen molar-refractivity contribution in [2.75, 3.05) is 39.3 Å². The van der Waals surface area contributed by atoms with Crippen LogP contribution in [0.2, 0.25) is 0 Å². The number of thioether (sulfide) groups is 2. The van der Waals surface area contributed by atoms with E-state index < -0.39 is 0 Å². The molecule has 0 bridgehead atoms. The van der Waals surface area contributed by atoms with E-state index in [1.165, 1.54) is 33.3 Å². The zero-order chi connectivity index (χ0) is 31.8. The summed E-state index contributed by atoms with van der Waals surface area (Å²) in [7, 11) is 0. The Hall–Kier alpha value is -3.84. The predicted molar refractivity (Wildman–Crippen MR) is 189 cm³/mol. The van der Waals surface area contributed by atoms with Gasteiger partial charge in [0.2, 0.25) is 11.8 Å². The minimum Gasteiger partial charge on any atom is -0.339 e. The van der Waals surface area contributed by atoms with Gasteiger partial charge in [-0.15, -0.1) is 0 Å². The van der Waals surface area contributed by atoms with Crippen molar-refractivity contribution in [2.45, 2.75) is 6.42 Å². The van der Waals surface area contributed by atoms with E-state index in [0.717, 1.165) is 11.1 Å². The lowest BCUT2D eigenvalue weighted by Crippen LogP contribution is -2.53. The van der Waals surface area contributed by atoms with E-state index in [1.807, 2.05) is 78.9 Å². The van der Waals surface area contributed by atoms with E-state index in [-0.39, 0.29) is 43.1 Å². The Balaban J connectivity index is 1.06. The van der Waals surface area contributed by atoms with Crippen LogP contribution in [0.1, 0.15) is 17.5 Å². The Morgan fingerprint density at radius 3 is 1.62 bits per heavy atom. The molecule has 5 rings (SSSR count). The molecule has 3 heterocycles. The molecule has 2 aromatic rings. The number of amides is 4. The first-order chi connectivity index (χ1) is 21.8. The molecule has 3 aliphatic heterocycles. The van der Waals surface area contributed by atoms with Crippen molar-refractivity contribution in [3.63, 3.8) is 0 Å². The van der Waals surface area contributed by atoms with Crippen LogP contribution in [0.3, 0.4) is 0 Å². The monoisotopic (exact) mass is 674 g/mol. The Morgan fingerprint density at radius 2 is 1.11 bits per heavy atom. The van der Waals surface area contributed by atoms with Crippen LogP contribution in [0.25, 0.3) is 12.2 Å². The highest BCUT2D eigenvalue weighted by Gasteiger charge is 2.35. The minimum absolute atomic E-state index is 0.102. The molecule has 4 amide bonds. The summed E-state index contributed by atoms with van der Waals surface area (Å²) in [5.41, 5.74) is 2.04. The molecule has 3 aliphatic rings. The van der Waals surface area contributed by atoms with Crippen LogP contribution in [-0.4, -0.2) is 91.1 Å². The Labute approximate surface area is 281 Å². The summed E-state index contributed by atoms with van der Waals surface area (Å²) in [6.45, 7) is 1.51. The van der Waals surface area contributed by atoms with Crippen molar-refractivity contribution in [1.29, 1.82) is 0 Å². The van der Waals surface area contributed by atoms with Crippen LogP contribution in [0.5, 0.6) is 0 Å². The van der Waals surface area contributed by atoms with Gasteiger partial charge in [-0.1, -0.05) is 133 Å². The number of hydrogen-bond donors (Lipinski definition) is 0. The molecule has 3 saturated heterocycles. The van der Waals surface area contributed by atoms with E-state index in [9.17, 15) is 19.2 Å². The lowest BCUT2D eigenvalue weighted by molar-refractivity contribution is -0.141.